The molecule has 0 fully saturated rings. The minimum Gasteiger partial charge on any atom is -0.497 e. The summed E-state index contributed by atoms with van der Waals surface area (Å²) in [7, 11) is 1.61. The molecule has 0 saturated carbocycles. The van der Waals surface area contributed by atoms with Crippen LogP contribution in [0.25, 0.3) is 0 Å². The van der Waals surface area contributed by atoms with Crippen molar-refractivity contribution in [3.63, 3.8) is 0 Å². The fraction of sp³-hybridized carbons (Fsp3) is 0.261. The van der Waals surface area contributed by atoms with Crippen molar-refractivity contribution >= 4 is 17.6 Å². The summed E-state index contributed by atoms with van der Waals surface area (Å²) in [4.78, 5) is 29.1. The molecule has 0 atom stereocenters. The Morgan fingerprint density at radius 3 is 2.47 bits per heavy atom. The molecule has 0 aliphatic carbocycles. The fourth-order valence-electron chi connectivity index (χ4n) is 2.84. The second kappa shape index (κ2) is 9.73. The maximum absolute atomic E-state index is 12.5. The quantitative estimate of drug-likeness (QED) is 0.561. The summed E-state index contributed by atoms with van der Waals surface area (Å²) in [6.07, 6.45) is 0.857. The zero-order valence-electron chi connectivity index (χ0n) is 17.2. The van der Waals surface area contributed by atoms with Crippen LogP contribution in [0.2, 0.25) is 0 Å². The van der Waals surface area contributed by atoms with Gasteiger partial charge in [0.15, 0.2) is 6.61 Å². The number of anilines is 1. The lowest BCUT2D eigenvalue weighted by Gasteiger charge is -2.10. The number of para-hydroxylation sites is 1. The molecule has 0 aliphatic rings. The summed E-state index contributed by atoms with van der Waals surface area (Å²) in [5.74, 6) is 1.04. The molecule has 0 saturated heterocycles. The Morgan fingerprint density at radius 1 is 1.07 bits per heavy atom. The molecule has 0 aliphatic heterocycles. The van der Waals surface area contributed by atoms with E-state index in [4.69, 9.17) is 13.9 Å². The Kier molecular flexibility index (Phi) is 6.85. The number of ether oxygens (including phenoxy) is 2. The molecule has 3 rings (SSSR count). The van der Waals surface area contributed by atoms with Gasteiger partial charge in [0.2, 0.25) is 11.8 Å². The van der Waals surface area contributed by atoms with Crippen molar-refractivity contribution in [3.8, 4) is 5.75 Å². The van der Waals surface area contributed by atoms with E-state index in [2.05, 4.69) is 10.3 Å². The molecule has 156 valence electrons. The van der Waals surface area contributed by atoms with Crippen molar-refractivity contribution in [2.75, 3.05) is 12.4 Å². The van der Waals surface area contributed by atoms with Crippen molar-refractivity contribution in [1.29, 1.82) is 0 Å². The molecule has 1 amide bonds. The number of benzene rings is 2. The van der Waals surface area contributed by atoms with Crippen LogP contribution in [0.3, 0.4) is 0 Å². The maximum Gasteiger partial charge on any atom is 0.340 e. The van der Waals surface area contributed by atoms with Crippen LogP contribution in [0.4, 0.5) is 5.69 Å². The van der Waals surface area contributed by atoms with Gasteiger partial charge in [-0.1, -0.05) is 24.3 Å². The molecule has 3 aromatic rings. The van der Waals surface area contributed by atoms with Gasteiger partial charge in [-0.2, -0.15) is 0 Å². The summed E-state index contributed by atoms with van der Waals surface area (Å²) in [6, 6.07) is 14.3. The lowest BCUT2D eigenvalue weighted by atomic mass is 10.1. The van der Waals surface area contributed by atoms with Crippen LogP contribution in [0.1, 0.15) is 39.7 Å². The maximum atomic E-state index is 12.5. The Hall–Kier alpha value is -3.61. The predicted octanol–water partition coefficient (Wildman–Crippen LogP) is 4.23. The molecule has 0 radical (unpaired) electrons. The number of hydrogen-bond acceptors (Lipinski definition) is 6. The average molecular weight is 408 g/mol. The Labute approximate surface area is 175 Å². The molecule has 1 N–H and O–H groups in total. The number of aromatic nitrogens is 1. The van der Waals surface area contributed by atoms with Crippen LogP contribution in [-0.2, 0) is 22.6 Å². The molecular formula is C23H24N2O5. The first-order valence-corrected chi connectivity index (χ1v) is 9.58. The minimum absolute atomic E-state index is 0.0761. The fourth-order valence-corrected chi connectivity index (χ4v) is 2.84. The van der Waals surface area contributed by atoms with Crippen molar-refractivity contribution < 1.29 is 23.5 Å². The minimum atomic E-state index is -0.561. The second-order valence-corrected chi connectivity index (χ2v) is 6.77. The van der Waals surface area contributed by atoms with Gasteiger partial charge in [0.1, 0.15) is 11.5 Å². The predicted molar refractivity (Wildman–Crippen MR) is 111 cm³/mol. The Bertz CT molecular complexity index is 1000. The molecule has 2 aromatic carbocycles. The lowest BCUT2D eigenvalue weighted by molar-refractivity contribution is -0.116. The van der Waals surface area contributed by atoms with E-state index in [1.165, 1.54) is 0 Å². The van der Waals surface area contributed by atoms with E-state index in [1.54, 1.807) is 38.3 Å². The highest BCUT2D eigenvalue weighted by molar-refractivity contribution is 6.01. The van der Waals surface area contributed by atoms with E-state index in [-0.39, 0.29) is 24.5 Å². The first-order chi connectivity index (χ1) is 14.5. The number of esters is 1. The van der Waals surface area contributed by atoms with E-state index in [0.717, 1.165) is 17.0 Å². The third kappa shape index (κ3) is 5.47. The molecule has 0 bridgehead atoms. The molecule has 1 heterocycles. The van der Waals surface area contributed by atoms with E-state index in [9.17, 15) is 9.59 Å². The normalized spacial score (nSPS) is 10.5. The zero-order chi connectivity index (χ0) is 21.5. The number of amides is 1. The summed E-state index contributed by atoms with van der Waals surface area (Å²) in [6.45, 7) is 3.54. The van der Waals surface area contributed by atoms with Crippen molar-refractivity contribution in [1.82, 2.24) is 4.98 Å². The van der Waals surface area contributed by atoms with E-state index in [0.29, 0.717) is 23.8 Å². The molecule has 1 aromatic heterocycles. The van der Waals surface area contributed by atoms with Gasteiger partial charge in [0.25, 0.3) is 0 Å². The third-order valence-corrected chi connectivity index (χ3v) is 4.62. The SMILES string of the molecule is COc1ccc(CCC(=O)Nc2ccccc2C(=O)OCc2nc(C)c(C)o2)cc1. The molecule has 30 heavy (non-hydrogen) atoms. The lowest BCUT2D eigenvalue weighted by Crippen LogP contribution is -2.16. The highest BCUT2D eigenvalue weighted by atomic mass is 16.5. The van der Waals surface area contributed by atoms with Crippen molar-refractivity contribution in [3.05, 3.63) is 77.0 Å². The van der Waals surface area contributed by atoms with Crippen LogP contribution in [0, 0.1) is 13.8 Å². The molecule has 0 spiro atoms. The standard InChI is InChI=1S/C23H24N2O5/c1-15-16(2)30-22(24-15)14-29-23(27)19-6-4-5-7-20(19)25-21(26)13-10-17-8-11-18(28-3)12-9-17/h4-9,11-12H,10,13-14H2,1-3H3,(H,25,26). The molecular weight excluding hydrogens is 384 g/mol. The number of nitrogens with zero attached hydrogens (tertiary/aromatic N) is 1. The van der Waals surface area contributed by atoms with Gasteiger partial charge < -0.3 is 19.2 Å². The third-order valence-electron chi connectivity index (χ3n) is 4.62. The Balaban J connectivity index is 1.58. The smallest absolute Gasteiger partial charge is 0.340 e. The van der Waals surface area contributed by atoms with Crippen LogP contribution in [0.15, 0.2) is 52.9 Å². The second-order valence-electron chi connectivity index (χ2n) is 6.77. The van der Waals surface area contributed by atoms with Gasteiger partial charge in [0, 0.05) is 6.42 Å². The first kappa shape index (κ1) is 21.1. The van der Waals surface area contributed by atoms with Gasteiger partial charge in [-0.25, -0.2) is 9.78 Å². The first-order valence-electron chi connectivity index (χ1n) is 9.58. The molecule has 7 heteroatoms. The molecule has 7 nitrogen and oxygen atoms in total. The number of oxazole rings is 1. The van der Waals surface area contributed by atoms with Gasteiger partial charge in [-0.15, -0.1) is 0 Å². The number of hydrogen-bond donors (Lipinski definition) is 1. The monoisotopic (exact) mass is 408 g/mol. The topological polar surface area (TPSA) is 90.7 Å². The van der Waals surface area contributed by atoms with Crippen LogP contribution < -0.4 is 10.1 Å². The summed E-state index contributed by atoms with van der Waals surface area (Å²) >= 11 is 0. The van der Waals surface area contributed by atoms with Gasteiger partial charge in [-0.05, 0) is 50.1 Å². The van der Waals surface area contributed by atoms with E-state index >= 15 is 0 Å². The summed E-state index contributed by atoms with van der Waals surface area (Å²) in [5, 5.41) is 2.79. The van der Waals surface area contributed by atoms with Crippen molar-refractivity contribution in [2.24, 2.45) is 0 Å². The zero-order valence-corrected chi connectivity index (χ0v) is 17.2. The van der Waals surface area contributed by atoms with Crippen molar-refractivity contribution in [2.45, 2.75) is 33.3 Å². The number of carbonyl (C=O) groups excluding carboxylic acids is 2. The summed E-state index contributed by atoms with van der Waals surface area (Å²) in [5.41, 5.74) is 2.46. The number of nitrogens with one attached hydrogen (secondary N) is 1. The van der Waals surface area contributed by atoms with Crippen LogP contribution in [-0.4, -0.2) is 24.0 Å². The number of rotatable bonds is 8. The number of methoxy groups -OCH3 is 1. The highest BCUT2D eigenvalue weighted by Crippen LogP contribution is 2.19. The highest BCUT2D eigenvalue weighted by Gasteiger charge is 2.16. The number of aryl methyl sites for hydroxylation is 3. The van der Waals surface area contributed by atoms with E-state index < -0.39 is 5.97 Å². The largest absolute Gasteiger partial charge is 0.497 e. The van der Waals surface area contributed by atoms with Crippen LogP contribution in [0.5, 0.6) is 5.75 Å². The summed E-state index contributed by atoms with van der Waals surface area (Å²) < 4.78 is 15.8. The van der Waals surface area contributed by atoms with Crippen LogP contribution >= 0.6 is 0 Å². The Morgan fingerprint density at radius 2 is 1.80 bits per heavy atom. The number of carbonyl (C=O) groups is 2. The van der Waals surface area contributed by atoms with Gasteiger partial charge in [0.05, 0.1) is 24.1 Å². The van der Waals surface area contributed by atoms with Gasteiger partial charge >= 0.3 is 5.97 Å². The van der Waals surface area contributed by atoms with E-state index in [1.807, 2.05) is 31.2 Å². The molecule has 0 unspecified atom stereocenters. The average Bonchev–Trinajstić information content (AvgIpc) is 3.08. The van der Waals surface area contributed by atoms with Gasteiger partial charge in [-0.3, -0.25) is 4.79 Å².